The van der Waals surface area contributed by atoms with E-state index < -0.39 is 0 Å². The van der Waals surface area contributed by atoms with Gasteiger partial charge in [-0.2, -0.15) is 0 Å². The Labute approximate surface area is 179 Å². The zero-order valence-electron chi connectivity index (χ0n) is 15.8. The zero-order chi connectivity index (χ0) is 19.6. The summed E-state index contributed by atoms with van der Waals surface area (Å²) in [5, 5.41) is 2.49. The van der Waals surface area contributed by atoms with Gasteiger partial charge in [-0.05, 0) is 68.4 Å². The fourth-order valence-corrected chi connectivity index (χ4v) is 4.37. The van der Waals surface area contributed by atoms with Crippen molar-refractivity contribution in [1.29, 1.82) is 0 Å². The van der Waals surface area contributed by atoms with Gasteiger partial charge in [0.2, 0.25) is 0 Å². The van der Waals surface area contributed by atoms with Gasteiger partial charge in [0, 0.05) is 4.47 Å². The SMILES string of the molecule is Brc1ccc(-c2cc(-c3ccccc3)cc(-c3ccccc3)c2)c2ccccc12. The van der Waals surface area contributed by atoms with Crippen LogP contribution in [0.4, 0.5) is 0 Å². The molecule has 138 valence electrons. The van der Waals surface area contributed by atoms with Crippen LogP contribution >= 0.6 is 15.9 Å². The van der Waals surface area contributed by atoms with Crippen LogP contribution in [-0.2, 0) is 0 Å². The summed E-state index contributed by atoms with van der Waals surface area (Å²) in [6, 6.07) is 41.0. The first kappa shape index (κ1) is 17.9. The van der Waals surface area contributed by atoms with Crippen LogP contribution in [0.25, 0.3) is 44.2 Å². The number of fused-ring (bicyclic) bond motifs is 1. The molecule has 0 saturated carbocycles. The first-order valence-electron chi connectivity index (χ1n) is 9.73. The molecule has 0 fully saturated rings. The average Bonchev–Trinajstić information content (AvgIpc) is 2.80. The average molecular weight is 435 g/mol. The molecule has 29 heavy (non-hydrogen) atoms. The lowest BCUT2D eigenvalue weighted by molar-refractivity contribution is 1.57. The smallest absolute Gasteiger partial charge is 0.0254 e. The van der Waals surface area contributed by atoms with Crippen molar-refractivity contribution in [2.45, 2.75) is 0 Å². The second-order valence-corrected chi connectivity index (χ2v) is 8.03. The third kappa shape index (κ3) is 3.50. The summed E-state index contributed by atoms with van der Waals surface area (Å²) >= 11 is 3.71. The van der Waals surface area contributed by atoms with Gasteiger partial charge in [0.15, 0.2) is 0 Å². The van der Waals surface area contributed by atoms with Gasteiger partial charge in [-0.15, -0.1) is 0 Å². The van der Waals surface area contributed by atoms with E-state index in [0.29, 0.717) is 0 Å². The van der Waals surface area contributed by atoms with E-state index in [4.69, 9.17) is 0 Å². The van der Waals surface area contributed by atoms with Gasteiger partial charge >= 0.3 is 0 Å². The van der Waals surface area contributed by atoms with Gasteiger partial charge < -0.3 is 0 Å². The van der Waals surface area contributed by atoms with Crippen LogP contribution in [0, 0.1) is 0 Å². The summed E-state index contributed by atoms with van der Waals surface area (Å²) in [5.74, 6) is 0. The van der Waals surface area contributed by atoms with E-state index in [1.54, 1.807) is 0 Å². The molecular formula is C28H19Br. The molecule has 0 amide bonds. The predicted molar refractivity (Wildman–Crippen MR) is 128 cm³/mol. The van der Waals surface area contributed by atoms with Crippen LogP contribution in [0.5, 0.6) is 0 Å². The molecule has 0 saturated heterocycles. The second-order valence-electron chi connectivity index (χ2n) is 7.17. The second kappa shape index (κ2) is 7.69. The highest BCUT2D eigenvalue weighted by Crippen LogP contribution is 2.37. The summed E-state index contributed by atoms with van der Waals surface area (Å²) in [7, 11) is 0. The predicted octanol–water partition coefficient (Wildman–Crippen LogP) is 8.60. The number of hydrogen-bond donors (Lipinski definition) is 0. The fraction of sp³-hybridized carbons (Fsp3) is 0. The molecule has 5 rings (SSSR count). The maximum atomic E-state index is 3.71. The topological polar surface area (TPSA) is 0 Å². The standard InChI is InChI=1S/C28H19Br/c29-28-16-15-25(26-13-7-8-14-27(26)28)24-18-22(20-9-3-1-4-10-20)17-23(19-24)21-11-5-2-6-12-21/h1-19H. The number of benzene rings is 5. The van der Waals surface area contributed by atoms with E-state index in [9.17, 15) is 0 Å². The molecule has 0 N–H and O–H groups in total. The van der Waals surface area contributed by atoms with Crippen LogP contribution in [-0.4, -0.2) is 0 Å². The quantitative estimate of drug-likeness (QED) is 0.266. The molecule has 5 aromatic carbocycles. The van der Waals surface area contributed by atoms with Gasteiger partial charge in [-0.3, -0.25) is 0 Å². The molecule has 0 bridgehead atoms. The Hall–Kier alpha value is -3.16. The van der Waals surface area contributed by atoms with Gasteiger partial charge in [-0.25, -0.2) is 0 Å². The lowest BCUT2D eigenvalue weighted by atomic mass is 9.91. The molecule has 5 aromatic rings. The molecule has 0 heterocycles. The van der Waals surface area contributed by atoms with E-state index in [0.717, 1.165) is 4.47 Å². The minimum atomic E-state index is 1.12. The highest BCUT2D eigenvalue weighted by molar-refractivity contribution is 9.10. The highest BCUT2D eigenvalue weighted by atomic mass is 79.9. The third-order valence-corrected chi connectivity index (χ3v) is 6.02. The van der Waals surface area contributed by atoms with E-state index in [2.05, 4.69) is 131 Å². The Morgan fingerprint density at radius 3 is 1.45 bits per heavy atom. The number of rotatable bonds is 3. The molecule has 0 aliphatic rings. The van der Waals surface area contributed by atoms with Crippen molar-refractivity contribution >= 4 is 26.7 Å². The Morgan fingerprint density at radius 1 is 0.379 bits per heavy atom. The Morgan fingerprint density at radius 2 is 0.862 bits per heavy atom. The van der Waals surface area contributed by atoms with Crippen LogP contribution in [0.15, 0.2) is 120 Å². The van der Waals surface area contributed by atoms with Crippen molar-refractivity contribution in [1.82, 2.24) is 0 Å². The molecule has 0 spiro atoms. The molecule has 0 aromatic heterocycles. The third-order valence-electron chi connectivity index (χ3n) is 5.33. The lowest BCUT2D eigenvalue weighted by Crippen LogP contribution is -1.87. The summed E-state index contributed by atoms with van der Waals surface area (Å²) < 4.78 is 1.12. The molecule has 0 aliphatic heterocycles. The summed E-state index contributed by atoms with van der Waals surface area (Å²) in [6.07, 6.45) is 0. The summed E-state index contributed by atoms with van der Waals surface area (Å²) in [4.78, 5) is 0. The van der Waals surface area contributed by atoms with Crippen LogP contribution in [0.2, 0.25) is 0 Å². The van der Waals surface area contributed by atoms with Crippen molar-refractivity contribution in [2.24, 2.45) is 0 Å². The first-order chi connectivity index (χ1) is 14.3. The van der Waals surface area contributed by atoms with Crippen molar-refractivity contribution in [3.8, 4) is 33.4 Å². The van der Waals surface area contributed by atoms with Gasteiger partial charge in [0.1, 0.15) is 0 Å². The van der Waals surface area contributed by atoms with Gasteiger partial charge in [0.05, 0.1) is 0 Å². The molecule has 0 aliphatic carbocycles. The van der Waals surface area contributed by atoms with E-state index in [1.807, 2.05) is 0 Å². The summed E-state index contributed by atoms with van der Waals surface area (Å²) in [5.41, 5.74) is 7.40. The maximum Gasteiger partial charge on any atom is 0.0254 e. The van der Waals surface area contributed by atoms with Crippen molar-refractivity contribution in [3.05, 3.63) is 120 Å². The molecule has 0 nitrogen and oxygen atoms in total. The Balaban J connectivity index is 1.79. The molecule has 1 heteroatoms. The monoisotopic (exact) mass is 434 g/mol. The van der Waals surface area contributed by atoms with Crippen LogP contribution in [0.1, 0.15) is 0 Å². The molecular weight excluding hydrogens is 416 g/mol. The van der Waals surface area contributed by atoms with E-state index in [1.165, 1.54) is 44.2 Å². The number of halogens is 1. The lowest BCUT2D eigenvalue weighted by Gasteiger charge is -2.13. The normalized spacial score (nSPS) is 10.9. The molecule has 0 radical (unpaired) electrons. The minimum Gasteiger partial charge on any atom is -0.0622 e. The van der Waals surface area contributed by atoms with Crippen LogP contribution < -0.4 is 0 Å². The molecule has 0 unspecified atom stereocenters. The number of hydrogen-bond acceptors (Lipinski definition) is 0. The van der Waals surface area contributed by atoms with Crippen molar-refractivity contribution in [3.63, 3.8) is 0 Å². The Bertz CT molecular complexity index is 1230. The van der Waals surface area contributed by atoms with E-state index >= 15 is 0 Å². The molecule has 0 atom stereocenters. The Kier molecular flexibility index (Phi) is 4.75. The van der Waals surface area contributed by atoms with E-state index in [-0.39, 0.29) is 0 Å². The zero-order valence-corrected chi connectivity index (χ0v) is 17.4. The minimum absolute atomic E-state index is 1.12. The van der Waals surface area contributed by atoms with Gasteiger partial charge in [0.25, 0.3) is 0 Å². The highest BCUT2D eigenvalue weighted by Gasteiger charge is 2.10. The fourth-order valence-electron chi connectivity index (χ4n) is 3.89. The maximum absolute atomic E-state index is 3.71. The van der Waals surface area contributed by atoms with Crippen molar-refractivity contribution < 1.29 is 0 Å². The summed E-state index contributed by atoms with van der Waals surface area (Å²) in [6.45, 7) is 0. The first-order valence-corrected chi connectivity index (χ1v) is 10.5. The van der Waals surface area contributed by atoms with Crippen molar-refractivity contribution in [2.75, 3.05) is 0 Å². The van der Waals surface area contributed by atoms with Gasteiger partial charge in [-0.1, -0.05) is 107 Å². The largest absolute Gasteiger partial charge is 0.0622 e. The van der Waals surface area contributed by atoms with Crippen LogP contribution in [0.3, 0.4) is 0 Å².